The number of nitrogens with one attached hydrogen (secondary N) is 2. The second-order valence-corrected chi connectivity index (χ2v) is 8.84. The molecule has 2 heterocycles. The molecule has 4 aromatic rings. The maximum atomic E-state index is 11.9. The van der Waals surface area contributed by atoms with Gasteiger partial charge in [0.05, 0.1) is 5.69 Å². The summed E-state index contributed by atoms with van der Waals surface area (Å²) in [5.74, 6) is 1.50. The third-order valence-corrected chi connectivity index (χ3v) is 6.14. The lowest BCUT2D eigenvalue weighted by Gasteiger charge is -2.12. The summed E-state index contributed by atoms with van der Waals surface area (Å²) in [6.07, 6.45) is 4.61. The van der Waals surface area contributed by atoms with Gasteiger partial charge in [-0.15, -0.1) is 0 Å². The van der Waals surface area contributed by atoms with Crippen molar-refractivity contribution in [3.8, 4) is 11.3 Å². The average Bonchev–Trinajstić information content (AvgIpc) is 3.56. The van der Waals surface area contributed by atoms with Gasteiger partial charge in [-0.05, 0) is 41.4 Å². The van der Waals surface area contributed by atoms with Crippen LogP contribution in [0.1, 0.15) is 30.4 Å². The van der Waals surface area contributed by atoms with E-state index in [0.29, 0.717) is 41.6 Å². The number of hydrogen-bond acceptors (Lipinski definition) is 4. The fraction of sp³-hybridized carbons (Fsp3) is 0.240. The minimum atomic E-state index is 0.137. The van der Waals surface area contributed by atoms with Crippen LogP contribution in [0.2, 0.25) is 5.02 Å². The molecular weight excluding hydrogens is 433 g/mol. The Bertz CT molecular complexity index is 1300. The molecule has 2 N–H and O–H groups in total. The van der Waals surface area contributed by atoms with E-state index in [2.05, 4.69) is 32.8 Å². The van der Waals surface area contributed by atoms with Crippen molar-refractivity contribution in [2.24, 2.45) is 5.92 Å². The van der Waals surface area contributed by atoms with Crippen molar-refractivity contribution in [1.29, 1.82) is 0 Å². The molecule has 0 unspecified atom stereocenters. The summed E-state index contributed by atoms with van der Waals surface area (Å²) in [6.45, 7) is 1.15. The molecule has 2 aromatic carbocycles. The van der Waals surface area contributed by atoms with E-state index in [-0.39, 0.29) is 5.91 Å². The predicted octanol–water partition coefficient (Wildman–Crippen LogP) is 3.87. The Labute approximate surface area is 198 Å². The SMILES string of the molecule is [B]c1cnn2c(NCc3ccc(CNC(=O)CC4CC4)cc3)cc(-c3ccccc3Cl)nc12. The first kappa shape index (κ1) is 21.5. The number of hydrogen-bond donors (Lipinski definition) is 2. The molecule has 0 spiro atoms. The van der Waals surface area contributed by atoms with Crippen LogP contribution in [0, 0.1) is 5.92 Å². The van der Waals surface area contributed by atoms with Gasteiger partial charge in [-0.3, -0.25) is 4.79 Å². The van der Waals surface area contributed by atoms with Crippen molar-refractivity contribution in [2.45, 2.75) is 32.4 Å². The number of rotatable bonds is 8. The second kappa shape index (κ2) is 9.28. The summed E-state index contributed by atoms with van der Waals surface area (Å²) < 4.78 is 1.69. The maximum absolute atomic E-state index is 11.9. The summed E-state index contributed by atoms with van der Waals surface area (Å²) in [6, 6.07) is 17.7. The van der Waals surface area contributed by atoms with Crippen LogP contribution in [-0.2, 0) is 17.9 Å². The number of fused-ring (bicyclic) bond motifs is 1. The molecule has 1 saturated carbocycles. The number of carbonyl (C=O) groups is 1. The molecule has 0 saturated heterocycles. The first-order chi connectivity index (χ1) is 16.1. The van der Waals surface area contributed by atoms with Crippen molar-refractivity contribution in [3.05, 3.63) is 76.9 Å². The lowest BCUT2D eigenvalue weighted by molar-refractivity contribution is -0.121. The topological polar surface area (TPSA) is 71.3 Å². The minimum absolute atomic E-state index is 0.137. The lowest BCUT2D eigenvalue weighted by Crippen LogP contribution is -2.22. The Morgan fingerprint density at radius 1 is 1.09 bits per heavy atom. The fourth-order valence-corrected chi connectivity index (χ4v) is 3.97. The number of carbonyl (C=O) groups excluding carboxylic acids is 1. The molecule has 0 atom stereocenters. The lowest BCUT2D eigenvalue weighted by atomic mass is 10.0. The molecule has 5 rings (SSSR count). The highest BCUT2D eigenvalue weighted by molar-refractivity contribution is 6.36. The third-order valence-electron chi connectivity index (χ3n) is 5.81. The number of amides is 1. The summed E-state index contributed by atoms with van der Waals surface area (Å²) >= 11 is 6.40. The highest BCUT2D eigenvalue weighted by Crippen LogP contribution is 2.32. The first-order valence-corrected chi connectivity index (χ1v) is 11.4. The van der Waals surface area contributed by atoms with Gasteiger partial charge in [0.2, 0.25) is 5.91 Å². The highest BCUT2D eigenvalue weighted by Gasteiger charge is 2.24. The van der Waals surface area contributed by atoms with Gasteiger partial charge >= 0.3 is 0 Å². The molecular formula is C25H23BClN5O. The maximum Gasteiger partial charge on any atom is 0.220 e. The van der Waals surface area contributed by atoms with Crippen molar-refractivity contribution >= 4 is 42.3 Å². The molecule has 6 nitrogen and oxygen atoms in total. The van der Waals surface area contributed by atoms with Gasteiger partial charge in [0, 0.05) is 42.4 Å². The molecule has 1 fully saturated rings. The van der Waals surface area contributed by atoms with E-state index in [1.165, 1.54) is 12.8 Å². The quantitative estimate of drug-likeness (QED) is 0.396. The largest absolute Gasteiger partial charge is 0.366 e. The zero-order valence-corrected chi connectivity index (χ0v) is 18.8. The average molecular weight is 456 g/mol. The monoisotopic (exact) mass is 455 g/mol. The van der Waals surface area contributed by atoms with Crippen LogP contribution >= 0.6 is 11.6 Å². The summed E-state index contributed by atoms with van der Waals surface area (Å²) in [4.78, 5) is 16.6. The van der Waals surface area contributed by atoms with Gasteiger partial charge in [-0.2, -0.15) is 9.61 Å². The van der Waals surface area contributed by atoms with Gasteiger partial charge in [0.15, 0.2) is 5.65 Å². The smallest absolute Gasteiger partial charge is 0.220 e. The van der Waals surface area contributed by atoms with E-state index in [4.69, 9.17) is 19.4 Å². The predicted molar refractivity (Wildman–Crippen MR) is 132 cm³/mol. The molecule has 0 bridgehead atoms. The molecule has 1 aliphatic rings. The van der Waals surface area contributed by atoms with E-state index in [9.17, 15) is 4.79 Å². The van der Waals surface area contributed by atoms with Crippen LogP contribution in [0.15, 0.2) is 60.8 Å². The van der Waals surface area contributed by atoms with E-state index >= 15 is 0 Å². The molecule has 1 aliphatic carbocycles. The van der Waals surface area contributed by atoms with Crippen LogP contribution in [0.4, 0.5) is 5.82 Å². The molecule has 164 valence electrons. The van der Waals surface area contributed by atoms with Gasteiger partial charge < -0.3 is 10.6 Å². The van der Waals surface area contributed by atoms with Gasteiger partial charge in [0.1, 0.15) is 13.7 Å². The van der Waals surface area contributed by atoms with Crippen LogP contribution in [-0.4, -0.2) is 28.4 Å². The first-order valence-electron chi connectivity index (χ1n) is 11.0. The molecule has 2 aromatic heterocycles. The van der Waals surface area contributed by atoms with E-state index < -0.39 is 0 Å². The molecule has 2 radical (unpaired) electrons. The van der Waals surface area contributed by atoms with Crippen molar-refractivity contribution in [3.63, 3.8) is 0 Å². The van der Waals surface area contributed by atoms with Crippen molar-refractivity contribution in [2.75, 3.05) is 5.32 Å². The van der Waals surface area contributed by atoms with Gasteiger partial charge in [-0.1, -0.05) is 54.1 Å². The minimum Gasteiger partial charge on any atom is -0.366 e. The standard InChI is InChI=1S/C25H23BClN5O/c26-20-15-30-32-23(12-22(31-25(20)32)19-3-1-2-4-21(19)27)28-13-17-7-9-18(10-8-17)14-29-24(33)11-16-5-6-16/h1-4,7-10,12,15-16,28H,5-6,11,13-14H2,(H,29,33). The summed E-state index contributed by atoms with van der Waals surface area (Å²) in [5.41, 5.74) is 4.81. The van der Waals surface area contributed by atoms with E-state index in [0.717, 1.165) is 28.2 Å². The van der Waals surface area contributed by atoms with Crippen molar-refractivity contribution < 1.29 is 4.79 Å². The molecule has 8 heteroatoms. The Hall–Kier alpha value is -3.32. The Kier molecular flexibility index (Phi) is 6.05. The molecule has 33 heavy (non-hydrogen) atoms. The number of nitrogens with zero attached hydrogens (tertiary/aromatic N) is 3. The zero-order valence-electron chi connectivity index (χ0n) is 18.1. The molecule has 1 amide bonds. The van der Waals surface area contributed by atoms with Gasteiger partial charge in [-0.25, -0.2) is 4.98 Å². The van der Waals surface area contributed by atoms with Crippen LogP contribution in [0.5, 0.6) is 0 Å². The zero-order chi connectivity index (χ0) is 22.8. The van der Waals surface area contributed by atoms with Crippen molar-refractivity contribution in [1.82, 2.24) is 19.9 Å². The third kappa shape index (κ3) is 5.04. The Morgan fingerprint density at radius 2 is 1.82 bits per heavy atom. The fourth-order valence-electron chi connectivity index (χ4n) is 3.74. The van der Waals surface area contributed by atoms with E-state index in [1.807, 2.05) is 42.5 Å². The van der Waals surface area contributed by atoms with Crippen LogP contribution < -0.4 is 16.1 Å². The molecule has 0 aliphatic heterocycles. The summed E-state index contributed by atoms with van der Waals surface area (Å²) in [7, 11) is 6.10. The second-order valence-electron chi connectivity index (χ2n) is 8.44. The highest BCUT2D eigenvalue weighted by atomic mass is 35.5. The Morgan fingerprint density at radius 3 is 2.55 bits per heavy atom. The normalized spacial score (nSPS) is 13.2. The summed E-state index contributed by atoms with van der Waals surface area (Å²) in [5, 5.41) is 11.4. The van der Waals surface area contributed by atoms with E-state index in [1.54, 1.807) is 10.7 Å². The Balaban J connectivity index is 1.30. The number of halogens is 1. The number of anilines is 1. The number of aromatic nitrogens is 3. The number of benzene rings is 2. The van der Waals surface area contributed by atoms with Gasteiger partial charge in [0.25, 0.3) is 0 Å². The van der Waals surface area contributed by atoms with Crippen LogP contribution in [0.3, 0.4) is 0 Å². The van der Waals surface area contributed by atoms with Crippen LogP contribution in [0.25, 0.3) is 16.9 Å².